The third-order valence-corrected chi connectivity index (χ3v) is 7.56. The van der Waals surface area contributed by atoms with E-state index in [0.29, 0.717) is 22.6 Å². The van der Waals surface area contributed by atoms with Crippen LogP contribution in [0.25, 0.3) is 0 Å². The predicted molar refractivity (Wildman–Crippen MR) is 140 cm³/mol. The van der Waals surface area contributed by atoms with Gasteiger partial charge in [-0.3, -0.25) is 0 Å². The quantitative estimate of drug-likeness (QED) is 0.165. The zero-order chi connectivity index (χ0) is 27.9. The van der Waals surface area contributed by atoms with Crippen LogP contribution >= 0.6 is 7.60 Å². The molecule has 0 fully saturated rings. The molecular weight excluding hydrogens is 515 g/mol. The number of aromatic hydroxyl groups is 1. The van der Waals surface area contributed by atoms with Gasteiger partial charge in [0.1, 0.15) is 29.4 Å². The third kappa shape index (κ3) is 6.95. The van der Waals surface area contributed by atoms with Crippen molar-refractivity contribution in [2.45, 2.75) is 46.8 Å². The molecule has 2 N–H and O–H groups in total. The van der Waals surface area contributed by atoms with Gasteiger partial charge in [0, 0.05) is 18.1 Å². The summed E-state index contributed by atoms with van der Waals surface area (Å²) >= 11 is 0. The number of esters is 2. The minimum Gasteiger partial charge on any atom is -0.507 e. The minimum atomic E-state index is -3.79. The van der Waals surface area contributed by atoms with Crippen LogP contribution in [0.5, 0.6) is 17.2 Å². The zero-order valence-electron chi connectivity index (χ0n) is 22.2. The lowest BCUT2D eigenvalue weighted by molar-refractivity contribution is -0.157. The van der Waals surface area contributed by atoms with Crippen molar-refractivity contribution in [3.8, 4) is 17.2 Å². The molecular formula is C27H34O10P+. The molecule has 2 atom stereocenters. The van der Waals surface area contributed by atoms with Gasteiger partial charge in [-0.05, 0) is 44.9 Å². The highest BCUT2D eigenvalue weighted by molar-refractivity contribution is 7.53. The molecule has 0 saturated heterocycles. The standard InChI is InChI=1S/C27H33O10P/c1-6-34-26(29)19(4)36-38(31,37-20-10-8-7-9-11-20)16-33-14-17(2)12-13-21-24(28)23-22(15-35-27(23)30)18(3)25(21)32-5/h7-12,19,28H,6,13-16H2,1-5H3/p+1/b17-12+/t19-,38?/m0/s1. The van der Waals surface area contributed by atoms with Gasteiger partial charge in [-0.2, -0.15) is 4.57 Å². The first kappa shape index (κ1) is 29.2. The molecule has 38 heavy (non-hydrogen) atoms. The van der Waals surface area contributed by atoms with E-state index >= 15 is 0 Å². The van der Waals surface area contributed by atoms with Gasteiger partial charge in [0.05, 0.1) is 20.3 Å². The van der Waals surface area contributed by atoms with Crippen LogP contribution in [-0.4, -0.2) is 54.3 Å². The molecule has 0 radical (unpaired) electrons. The van der Waals surface area contributed by atoms with E-state index in [1.165, 1.54) is 14.0 Å². The smallest absolute Gasteiger partial charge is 0.507 e. The van der Waals surface area contributed by atoms with Crippen LogP contribution < -0.4 is 9.26 Å². The molecule has 1 aliphatic rings. The molecule has 1 heterocycles. The van der Waals surface area contributed by atoms with Crippen LogP contribution in [0.15, 0.2) is 42.0 Å². The van der Waals surface area contributed by atoms with Crippen LogP contribution in [0, 0.1) is 6.92 Å². The van der Waals surface area contributed by atoms with E-state index in [-0.39, 0.29) is 43.9 Å². The fourth-order valence-corrected chi connectivity index (χ4v) is 5.55. The van der Waals surface area contributed by atoms with Crippen molar-refractivity contribution >= 4 is 19.5 Å². The highest BCUT2D eigenvalue weighted by Gasteiger charge is 2.39. The summed E-state index contributed by atoms with van der Waals surface area (Å²) in [6, 6.07) is 8.52. The third-order valence-electron chi connectivity index (χ3n) is 5.85. The molecule has 2 aromatic carbocycles. The Balaban J connectivity index is 1.71. The molecule has 2 aromatic rings. The van der Waals surface area contributed by atoms with E-state index < -0.39 is 25.6 Å². The Labute approximate surface area is 222 Å². The average molecular weight is 550 g/mol. The second kappa shape index (κ2) is 13.0. The number of carbonyl (C=O) groups excluding carboxylic acids is 2. The van der Waals surface area contributed by atoms with Crippen molar-refractivity contribution in [3.05, 3.63) is 64.2 Å². The summed E-state index contributed by atoms with van der Waals surface area (Å²) in [5.41, 5.74) is 2.74. The van der Waals surface area contributed by atoms with Crippen molar-refractivity contribution in [1.29, 1.82) is 0 Å². The first-order chi connectivity index (χ1) is 18.1. The number of para-hydroxylation sites is 1. The Morgan fingerprint density at radius 1 is 1.29 bits per heavy atom. The topological polar surface area (TPSA) is 130 Å². The van der Waals surface area contributed by atoms with Crippen molar-refractivity contribution in [3.63, 3.8) is 0 Å². The number of rotatable bonds is 13. The van der Waals surface area contributed by atoms with Crippen molar-refractivity contribution in [1.82, 2.24) is 0 Å². The number of hydrogen-bond donors (Lipinski definition) is 1. The molecule has 0 saturated carbocycles. The summed E-state index contributed by atoms with van der Waals surface area (Å²) in [6.45, 7) is 7.13. The van der Waals surface area contributed by atoms with E-state index in [2.05, 4.69) is 4.52 Å². The largest absolute Gasteiger partial charge is 0.552 e. The van der Waals surface area contributed by atoms with Gasteiger partial charge in [0.2, 0.25) is 6.35 Å². The van der Waals surface area contributed by atoms with Gasteiger partial charge in [-0.25, -0.2) is 9.59 Å². The number of ether oxygens (including phenoxy) is 4. The Bertz CT molecular complexity index is 1240. The fraction of sp³-hybridized carbons (Fsp3) is 0.407. The number of carbonyl (C=O) groups is 2. The van der Waals surface area contributed by atoms with Crippen LogP contribution in [0.2, 0.25) is 0 Å². The van der Waals surface area contributed by atoms with Crippen molar-refractivity contribution in [2.75, 3.05) is 26.7 Å². The highest BCUT2D eigenvalue weighted by atomic mass is 31.2. The molecule has 1 unspecified atom stereocenters. The van der Waals surface area contributed by atoms with Crippen LogP contribution in [-0.2, 0) is 36.6 Å². The van der Waals surface area contributed by atoms with Crippen LogP contribution in [0.3, 0.4) is 0 Å². The SMILES string of the molecule is CCOC(=O)[C@H](C)[OH+]P(=O)(COC/C(C)=C/Cc1c(O)c2c(c(C)c1OC)COC2=O)Oc1ccccc1. The van der Waals surface area contributed by atoms with Crippen LogP contribution in [0.4, 0.5) is 0 Å². The van der Waals surface area contributed by atoms with Crippen molar-refractivity contribution in [2.24, 2.45) is 0 Å². The molecule has 3 rings (SSSR count). The van der Waals surface area contributed by atoms with E-state index in [9.17, 15) is 19.3 Å². The first-order valence-electron chi connectivity index (χ1n) is 12.1. The first-order valence-corrected chi connectivity index (χ1v) is 13.9. The highest BCUT2D eigenvalue weighted by Crippen LogP contribution is 2.47. The number of benzene rings is 2. The number of allylic oxidation sites excluding steroid dienone is 1. The van der Waals surface area contributed by atoms with Crippen molar-refractivity contribution < 1.29 is 47.3 Å². The molecule has 0 aromatic heterocycles. The van der Waals surface area contributed by atoms with Crippen LogP contribution in [0.1, 0.15) is 47.8 Å². The minimum absolute atomic E-state index is 0.0838. The summed E-state index contributed by atoms with van der Waals surface area (Å²) in [7, 11) is -2.29. The zero-order valence-corrected chi connectivity index (χ0v) is 23.1. The summed E-state index contributed by atoms with van der Waals surface area (Å²) < 4.78 is 44.6. The lowest BCUT2D eigenvalue weighted by atomic mass is 9.95. The maximum Gasteiger partial charge on any atom is 0.552 e. The maximum atomic E-state index is 13.5. The van der Waals surface area contributed by atoms with E-state index in [0.717, 1.165) is 11.1 Å². The Kier molecular flexibility index (Phi) is 9.96. The summed E-state index contributed by atoms with van der Waals surface area (Å²) in [6.07, 6.45) is 0.698. The fourth-order valence-electron chi connectivity index (χ4n) is 3.99. The van der Waals surface area contributed by atoms with E-state index in [1.54, 1.807) is 44.2 Å². The van der Waals surface area contributed by atoms with Gasteiger partial charge in [-0.1, -0.05) is 29.8 Å². The lowest BCUT2D eigenvalue weighted by Crippen LogP contribution is -2.27. The van der Waals surface area contributed by atoms with Gasteiger partial charge in [-0.15, -0.1) is 0 Å². The molecule has 10 nitrogen and oxygen atoms in total. The number of methoxy groups -OCH3 is 1. The molecule has 1 aliphatic heterocycles. The predicted octanol–water partition coefficient (Wildman–Crippen LogP) is 4.59. The average Bonchev–Trinajstić information content (AvgIpc) is 3.27. The van der Waals surface area contributed by atoms with Gasteiger partial charge < -0.3 is 33.1 Å². The number of cyclic esters (lactones) is 1. The summed E-state index contributed by atoms with van der Waals surface area (Å²) in [5, 5.41) is 10.8. The molecule has 0 amide bonds. The molecule has 0 aliphatic carbocycles. The number of hydrogen-bond acceptors (Lipinski definition) is 9. The second-order valence-electron chi connectivity index (χ2n) is 8.73. The normalized spacial score (nSPS) is 15.3. The number of fused-ring (bicyclic) bond motifs is 1. The lowest BCUT2D eigenvalue weighted by Gasteiger charge is -2.18. The summed E-state index contributed by atoms with van der Waals surface area (Å²) in [4.78, 5) is 24.2. The van der Waals surface area contributed by atoms with Gasteiger partial charge >= 0.3 is 19.5 Å². The molecule has 0 spiro atoms. The molecule has 0 bridgehead atoms. The Morgan fingerprint density at radius 3 is 2.66 bits per heavy atom. The number of phenolic OH excluding ortho intramolecular Hbond substituents is 1. The number of phenols is 1. The molecule has 206 valence electrons. The summed E-state index contributed by atoms with van der Waals surface area (Å²) in [5.74, 6) is -0.523. The van der Waals surface area contributed by atoms with E-state index in [4.69, 9.17) is 23.5 Å². The Hall–Kier alpha value is -3.33. The maximum absolute atomic E-state index is 13.5. The monoisotopic (exact) mass is 549 g/mol. The van der Waals surface area contributed by atoms with Gasteiger partial charge in [0.25, 0.3) is 6.10 Å². The van der Waals surface area contributed by atoms with E-state index in [1.807, 2.05) is 13.0 Å². The number of aliphatic hydroxyl groups is 1. The second-order valence-corrected chi connectivity index (χ2v) is 10.7. The molecule has 11 heteroatoms. The Morgan fingerprint density at radius 2 is 2.00 bits per heavy atom. The van der Waals surface area contributed by atoms with Gasteiger partial charge in [0.15, 0.2) is 0 Å².